The van der Waals surface area contributed by atoms with Crippen molar-refractivity contribution in [1.82, 2.24) is 10.6 Å². The Bertz CT molecular complexity index is 849. The van der Waals surface area contributed by atoms with E-state index < -0.39 is 0 Å². The minimum Gasteiger partial charge on any atom is -0.352 e. The molecule has 3 amide bonds. The molecule has 0 heterocycles. The van der Waals surface area contributed by atoms with Crippen LogP contribution in [0.5, 0.6) is 0 Å². The summed E-state index contributed by atoms with van der Waals surface area (Å²) in [5, 5.41) is 9.29. The molecule has 30 heavy (non-hydrogen) atoms. The average molecular weight is 412 g/mol. The van der Waals surface area contributed by atoms with E-state index in [1.165, 1.54) is 6.42 Å². The Morgan fingerprint density at radius 1 is 1.10 bits per heavy atom. The second kappa shape index (κ2) is 7.71. The smallest absolute Gasteiger partial charge is 0.226 e. The Labute approximate surface area is 178 Å². The number of nitrogens with one attached hydrogen (secondary N) is 3. The molecule has 0 spiro atoms. The molecule has 0 aliphatic heterocycles. The summed E-state index contributed by atoms with van der Waals surface area (Å²) in [7, 11) is 0. The van der Waals surface area contributed by atoms with Crippen molar-refractivity contribution < 1.29 is 14.4 Å². The van der Waals surface area contributed by atoms with Crippen molar-refractivity contribution >= 4 is 23.4 Å². The summed E-state index contributed by atoms with van der Waals surface area (Å²) in [6, 6.07) is 7.64. The molecule has 0 radical (unpaired) electrons. The van der Waals surface area contributed by atoms with Gasteiger partial charge in [-0.05, 0) is 68.1 Å². The second-order valence-electron chi connectivity index (χ2n) is 10.2. The molecule has 0 saturated heterocycles. The highest BCUT2D eigenvalue weighted by Gasteiger charge is 2.60. The van der Waals surface area contributed by atoms with Crippen LogP contribution in [0.1, 0.15) is 64.9 Å². The van der Waals surface area contributed by atoms with Crippen LogP contribution < -0.4 is 16.0 Å². The molecule has 3 N–H and O–H groups in total. The first-order chi connectivity index (χ1) is 14.2. The molecular weight excluding hydrogens is 378 g/mol. The van der Waals surface area contributed by atoms with E-state index in [9.17, 15) is 14.4 Å². The summed E-state index contributed by atoms with van der Waals surface area (Å²) in [6.07, 6.45) is 5.82. The molecule has 6 nitrogen and oxygen atoms in total. The third-order valence-electron chi connectivity index (χ3n) is 7.16. The maximum absolute atomic E-state index is 13.4. The van der Waals surface area contributed by atoms with Gasteiger partial charge in [0.2, 0.25) is 17.7 Å². The molecule has 4 bridgehead atoms. The van der Waals surface area contributed by atoms with Gasteiger partial charge in [0.25, 0.3) is 0 Å². The summed E-state index contributed by atoms with van der Waals surface area (Å²) in [6.45, 7) is 5.74. The van der Waals surface area contributed by atoms with E-state index >= 15 is 0 Å². The van der Waals surface area contributed by atoms with Gasteiger partial charge in [-0.1, -0.05) is 26.0 Å². The number of carbonyl (C=O) groups excluding carboxylic acids is 3. The van der Waals surface area contributed by atoms with Crippen LogP contribution in [-0.4, -0.2) is 23.3 Å². The van der Waals surface area contributed by atoms with Crippen LogP contribution in [0.15, 0.2) is 24.3 Å². The van der Waals surface area contributed by atoms with Crippen molar-refractivity contribution in [3.8, 4) is 0 Å². The Balaban J connectivity index is 1.43. The molecular formula is C24H33N3O3. The van der Waals surface area contributed by atoms with Crippen molar-refractivity contribution in [2.75, 3.05) is 5.32 Å². The third kappa shape index (κ3) is 4.09. The average Bonchev–Trinajstić information content (AvgIpc) is 2.64. The molecule has 6 heteroatoms. The lowest BCUT2D eigenvalue weighted by molar-refractivity contribution is -0.153. The zero-order valence-electron chi connectivity index (χ0n) is 18.2. The number of benzene rings is 1. The van der Waals surface area contributed by atoms with Gasteiger partial charge in [-0.15, -0.1) is 0 Å². The van der Waals surface area contributed by atoms with Crippen LogP contribution >= 0.6 is 0 Å². The minimum absolute atomic E-state index is 0.00719. The molecule has 4 saturated carbocycles. The topological polar surface area (TPSA) is 87.3 Å². The highest BCUT2D eigenvalue weighted by Crippen LogP contribution is 2.61. The number of amides is 3. The molecule has 162 valence electrons. The third-order valence-corrected chi connectivity index (χ3v) is 7.16. The molecule has 4 fully saturated rings. The number of carbonyl (C=O) groups is 3. The maximum Gasteiger partial charge on any atom is 0.226 e. The van der Waals surface area contributed by atoms with E-state index in [0.717, 1.165) is 43.4 Å². The Hall–Kier alpha value is -2.37. The summed E-state index contributed by atoms with van der Waals surface area (Å²) in [5.74, 6) is 1.07. The lowest BCUT2D eigenvalue weighted by Crippen LogP contribution is -2.65. The molecule has 0 aromatic heterocycles. The summed E-state index contributed by atoms with van der Waals surface area (Å²) in [4.78, 5) is 37.1. The van der Waals surface area contributed by atoms with Crippen LogP contribution in [0.3, 0.4) is 0 Å². The van der Waals surface area contributed by atoms with Gasteiger partial charge in [0.1, 0.15) is 0 Å². The van der Waals surface area contributed by atoms with Crippen LogP contribution in [0.2, 0.25) is 0 Å². The molecule has 4 aliphatic carbocycles. The SMILES string of the molecule is CC(=O)NC12CC3CC(C1)CC(C(=O)NCc1cccc(NC(=O)C(C)C)c1)(C3)C2. The fourth-order valence-electron chi connectivity index (χ4n) is 6.46. The van der Waals surface area contributed by atoms with Gasteiger partial charge in [-0.2, -0.15) is 0 Å². The lowest BCUT2D eigenvalue weighted by atomic mass is 9.46. The molecule has 4 aliphatic rings. The first kappa shape index (κ1) is 20.9. The van der Waals surface area contributed by atoms with Crippen LogP contribution in [0.4, 0.5) is 5.69 Å². The Kier molecular flexibility index (Phi) is 5.37. The minimum atomic E-state index is -0.365. The monoisotopic (exact) mass is 411 g/mol. The summed E-state index contributed by atoms with van der Waals surface area (Å²) >= 11 is 0. The summed E-state index contributed by atoms with van der Waals surface area (Å²) in [5.41, 5.74) is 1.15. The highest BCUT2D eigenvalue weighted by atomic mass is 16.2. The van der Waals surface area contributed by atoms with Crippen LogP contribution in [0.25, 0.3) is 0 Å². The van der Waals surface area contributed by atoms with Crippen LogP contribution in [0, 0.1) is 23.2 Å². The highest BCUT2D eigenvalue weighted by molar-refractivity contribution is 5.92. The van der Waals surface area contributed by atoms with Crippen molar-refractivity contribution in [2.24, 2.45) is 23.2 Å². The van der Waals surface area contributed by atoms with Gasteiger partial charge >= 0.3 is 0 Å². The predicted molar refractivity (Wildman–Crippen MR) is 115 cm³/mol. The predicted octanol–water partition coefficient (Wildman–Crippen LogP) is 3.37. The second-order valence-corrected chi connectivity index (χ2v) is 10.2. The zero-order valence-corrected chi connectivity index (χ0v) is 18.2. The molecule has 1 aromatic rings. The molecule has 2 atom stereocenters. The molecule has 1 aromatic carbocycles. The quantitative estimate of drug-likeness (QED) is 0.671. The number of hydrogen-bond acceptors (Lipinski definition) is 3. The van der Waals surface area contributed by atoms with Gasteiger partial charge in [0.15, 0.2) is 0 Å². The van der Waals surface area contributed by atoms with Crippen molar-refractivity contribution in [1.29, 1.82) is 0 Å². The number of rotatable bonds is 6. The molecule has 5 rings (SSSR count). The first-order valence-corrected chi connectivity index (χ1v) is 11.2. The van der Waals surface area contributed by atoms with E-state index in [1.807, 2.05) is 38.1 Å². The Morgan fingerprint density at radius 2 is 1.80 bits per heavy atom. The number of hydrogen-bond donors (Lipinski definition) is 3. The standard InChI is InChI=1S/C24H33N3O3/c1-15(2)21(29)26-20-6-4-5-17(8-20)13-25-22(30)23-9-18-7-19(10-23)12-24(11-18,14-23)27-16(3)28/h4-6,8,15,18-19H,7,9-14H2,1-3H3,(H,25,30)(H,26,29)(H,27,28). The van der Waals surface area contributed by atoms with Gasteiger partial charge in [0.05, 0.1) is 5.41 Å². The number of anilines is 1. The summed E-state index contributed by atoms with van der Waals surface area (Å²) < 4.78 is 0. The first-order valence-electron chi connectivity index (χ1n) is 11.2. The largest absolute Gasteiger partial charge is 0.352 e. The van der Waals surface area contributed by atoms with E-state index in [-0.39, 0.29) is 34.6 Å². The van der Waals surface area contributed by atoms with Gasteiger partial charge in [-0.25, -0.2) is 0 Å². The fourth-order valence-corrected chi connectivity index (χ4v) is 6.46. The van der Waals surface area contributed by atoms with E-state index in [4.69, 9.17) is 0 Å². The maximum atomic E-state index is 13.4. The van der Waals surface area contributed by atoms with E-state index in [1.54, 1.807) is 6.92 Å². The van der Waals surface area contributed by atoms with Crippen molar-refractivity contribution in [3.63, 3.8) is 0 Å². The normalized spacial score (nSPS) is 31.5. The van der Waals surface area contributed by atoms with E-state index in [2.05, 4.69) is 16.0 Å². The van der Waals surface area contributed by atoms with E-state index in [0.29, 0.717) is 18.4 Å². The van der Waals surface area contributed by atoms with Crippen molar-refractivity contribution in [3.05, 3.63) is 29.8 Å². The lowest BCUT2D eigenvalue weighted by Gasteiger charge is -2.61. The van der Waals surface area contributed by atoms with Gasteiger partial charge < -0.3 is 16.0 Å². The van der Waals surface area contributed by atoms with Gasteiger partial charge in [-0.3, -0.25) is 14.4 Å². The van der Waals surface area contributed by atoms with Gasteiger partial charge in [0, 0.05) is 30.6 Å². The zero-order chi connectivity index (χ0) is 21.5. The van der Waals surface area contributed by atoms with Crippen molar-refractivity contribution in [2.45, 2.75) is 71.4 Å². The Morgan fingerprint density at radius 3 is 2.43 bits per heavy atom. The van der Waals surface area contributed by atoms with Crippen LogP contribution in [-0.2, 0) is 20.9 Å². The fraction of sp³-hybridized carbons (Fsp3) is 0.625. The molecule has 2 unspecified atom stereocenters.